The SMILES string of the molecule is CCc1csc(C(Cc2[c]cc(NS(=O)(=O)O)cc2)NC(=O)C(Cc2ccccc2)c2ccccc2OC)n1. The lowest BCUT2D eigenvalue weighted by atomic mass is 9.90. The lowest BCUT2D eigenvalue weighted by molar-refractivity contribution is -0.123. The lowest BCUT2D eigenvalue weighted by Crippen LogP contribution is -2.35. The Morgan fingerprint density at radius 2 is 1.82 bits per heavy atom. The molecule has 39 heavy (non-hydrogen) atoms. The second kappa shape index (κ2) is 12.9. The summed E-state index contributed by atoms with van der Waals surface area (Å²) in [7, 11) is -2.79. The predicted octanol–water partition coefficient (Wildman–Crippen LogP) is 5.16. The quantitative estimate of drug-likeness (QED) is 0.205. The van der Waals surface area contributed by atoms with E-state index in [1.807, 2.05) is 71.6 Å². The van der Waals surface area contributed by atoms with Crippen molar-refractivity contribution in [2.24, 2.45) is 0 Å². The number of nitrogens with one attached hydrogen (secondary N) is 2. The zero-order valence-electron chi connectivity index (χ0n) is 21.6. The highest BCUT2D eigenvalue weighted by Crippen LogP contribution is 2.31. The fraction of sp³-hybridized carbons (Fsp3) is 0.241. The molecule has 1 radical (unpaired) electrons. The predicted molar refractivity (Wildman–Crippen MR) is 152 cm³/mol. The second-order valence-corrected chi connectivity index (χ2v) is 11.0. The molecule has 0 saturated carbocycles. The minimum atomic E-state index is -4.39. The number of rotatable bonds is 12. The molecular weight excluding hydrogens is 534 g/mol. The van der Waals surface area contributed by atoms with Crippen LogP contribution in [-0.4, -0.2) is 31.0 Å². The van der Waals surface area contributed by atoms with Gasteiger partial charge < -0.3 is 10.1 Å². The summed E-state index contributed by atoms with van der Waals surface area (Å²) < 4.78 is 38.9. The first-order valence-electron chi connectivity index (χ1n) is 12.4. The number of nitrogens with zero attached hydrogens (tertiary/aromatic N) is 1. The Kier molecular flexibility index (Phi) is 9.34. The van der Waals surface area contributed by atoms with Crippen LogP contribution in [0.1, 0.15) is 46.3 Å². The number of para-hydroxylation sites is 1. The van der Waals surface area contributed by atoms with E-state index in [2.05, 4.69) is 11.4 Å². The Labute approximate surface area is 233 Å². The largest absolute Gasteiger partial charge is 0.496 e. The molecule has 0 spiro atoms. The molecule has 203 valence electrons. The molecule has 2 unspecified atom stereocenters. The molecule has 4 rings (SSSR count). The van der Waals surface area contributed by atoms with E-state index in [9.17, 15) is 13.2 Å². The molecular formula is C29H30N3O5S2. The first kappa shape index (κ1) is 28.3. The van der Waals surface area contributed by atoms with Crippen LogP contribution in [-0.2, 0) is 34.4 Å². The molecule has 2 atom stereocenters. The number of methoxy groups -OCH3 is 1. The van der Waals surface area contributed by atoms with Gasteiger partial charge in [-0.15, -0.1) is 11.3 Å². The number of benzene rings is 3. The van der Waals surface area contributed by atoms with Crippen molar-refractivity contribution in [3.8, 4) is 5.75 Å². The molecule has 0 bridgehead atoms. The van der Waals surface area contributed by atoms with E-state index >= 15 is 0 Å². The maximum absolute atomic E-state index is 14.0. The molecule has 8 nitrogen and oxygen atoms in total. The number of hydrogen-bond acceptors (Lipinski definition) is 6. The molecule has 0 aliphatic rings. The Morgan fingerprint density at radius 3 is 2.46 bits per heavy atom. The normalized spacial score (nSPS) is 12.9. The van der Waals surface area contributed by atoms with Gasteiger partial charge in [0.15, 0.2) is 0 Å². The molecule has 4 aromatic rings. The van der Waals surface area contributed by atoms with Crippen LogP contribution in [0.25, 0.3) is 0 Å². The van der Waals surface area contributed by atoms with Crippen LogP contribution in [0.3, 0.4) is 0 Å². The van der Waals surface area contributed by atoms with E-state index < -0.39 is 22.3 Å². The highest BCUT2D eigenvalue weighted by atomic mass is 32.2. The van der Waals surface area contributed by atoms with Gasteiger partial charge >= 0.3 is 10.3 Å². The summed E-state index contributed by atoms with van der Waals surface area (Å²) in [5.41, 5.74) is 3.69. The number of thiazole rings is 1. The van der Waals surface area contributed by atoms with E-state index in [0.717, 1.165) is 33.8 Å². The van der Waals surface area contributed by atoms with Crippen molar-refractivity contribution in [1.29, 1.82) is 0 Å². The van der Waals surface area contributed by atoms with Crippen molar-refractivity contribution < 1.29 is 22.5 Å². The summed E-state index contributed by atoms with van der Waals surface area (Å²) in [6, 6.07) is 24.6. The first-order valence-corrected chi connectivity index (χ1v) is 14.7. The average molecular weight is 565 g/mol. The van der Waals surface area contributed by atoms with Crippen LogP contribution in [0.4, 0.5) is 5.69 Å². The van der Waals surface area contributed by atoms with Crippen LogP contribution >= 0.6 is 11.3 Å². The number of aryl methyl sites for hydroxylation is 1. The number of hydrogen-bond donors (Lipinski definition) is 3. The van der Waals surface area contributed by atoms with Crippen LogP contribution < -0.4 is 14.8 Å². The monoisotopic (exact) mass is 564 g/mol. The van der Waals surface area contributed by atoms with Crippen molar-refractivity contribution in [1.82, 2.24) is 10.3 Å². The van der Waals surface area contributed by atoms with Crippen molar-refractivity contribution in [3.05, 3.63) is 112 Å². The molecule has 1 heterocycles. The number of aromatic nitrogens is 1. The zero-order chi connectivity index (χ0) is 27.8. The van der Waals surface area contributed by atoms with Crippen molar-refractivity contribution in [3.63, 3.8) is 0 Å². The summed E-state index contributed by atoms with van der Waals surface area (Å²) in [5, 5.41) is 5.98. The van der Waals surface area contributed by atoms with Crippen LogP contribution in [0.15, 0.2) is 78.2 Å². The fourth-order valence-electron chi connectivity index (χ4n) is 4.28. The van der Waals surface area contributed by atoms with Crippen LogP contribution in [0.2, 0.25) is 0 Å². The van der Waals surface area contributed by atoms with Gasteiger partial charge in [-0.25, -0.2) is 4.98 Å². The van der Waals surface area contributed by atoms with Crippen LogP contribution in [0, 0.1) is 6.07 Å². The topological polar surface area (TPSA) is 118 Å². The third kappa shape index (κ3) is 7.89. The summed E-state index contributed by atoms with van der Waals surface area (Å²) in [5.74, 6) is -0.0313. The molecule has 1 aromatic heterocycles. The van der Waals surface area contributed by atoms with Gasteiger partial charge in [-0.1, -0.05) is 61.5 Å². The van der Waals surface area contributed by atoms with Gasteiger partial charge in [0, 0.05) is 10.9 Å². The number of carbonyl (C=O) groups is 1. The Morgan fingerprint density at radius 1 is 1.08 bits per heavy atom. The van der Waals surface area contributed by atoms with E-state index in [1.165, 1.54) is 23.5 Å². The van der Waals surface area contributed by atoms with Gasteiger partial charge in [-0.2, -0.15) is 8.42 Å². The van der Waals surface area contributed by atoms with Gasteiger partial charge in [0.05, 0.1) is 30.5 Å². The minimum Gasteiger partial charge on any atom is -0.496 e. The van der Waals surface area contributed by atoms with E-state index in [4.69, 9.17) is 14.3 Å². The molecule has 1 amide bonds. The summed E-state index contributed by atoms with van der Waals surface area (Å²) >= 11 is 1.48. The molecule has 0 saturated heterocycles. The maximum atomic E-state index is 14.0. The van der Waals surface area contributed by atoms with Crippen molar-refractivity contribution in [2.45, 2.75) is 38.1 Å². The van der Waals surface area contributed by atoms with Gasteiger partial charge in [0.1, 0.15) is 10.8 Å². The number of carbonyl (C=O) groups excluding carboxylic acids is 1. The van der Waals surface area contributed by atoms with Crippen molar-refractivity contribution in [2.75, 3.05) is 11.8 Å². The second-order valence-electron chi connectivity index (χ2n) is 8.96. The standard InChI is InChI=1S/C29H30N3O5S2/c1-3-22-19-38-29(30-22)26(18-21-13-15-23(16-14-21)32-39(34,35)36)31-28(33)25(17-20-9-5-4-6-10-20)24-11-7-8-12-27(24)37-2/h4-13,15-16,19,25-26,32H,3,17-18H2,1-2H3,(H,31,33)(H,34,35,36). The van der Waals surface area contributed by atoms with Gasteiger partial charge in [-0.05, 0) is 54.7 Å². The van der Waals surface area contributed by atoms with Gasteiger partial charge in [-0.3, -0.25) is 14.1 Å². The molecule has 0 aliphatic heterocycles. The average Bonchev–Trinajstić information content (AvgIpc) is 3.41. The highest BCUT2D eigenvalue weighted by molar-refractivity contribution is 7.87. The van der Waals surface area contributed by atoms with E-state index in [1.54, 1.807) is 13.2 Å². The van der Waals surface area contributed by atoms with Gasteiger partial charge in [0.25, 0.3) is 0 Å². The minimum absolute atomic E-state index is 0.161. The maximum Gasteiger partial charge on any atom is 0.357 e. The van der Waals surface area contributed by atoms with E-state index in [-0.39, 0.29) is 11.6 Å². The summed E-state index contributed by atoms with van der Waals surface area (Å²) in [6.07, 6.45) is 1.65. The zero-order valence-corrected chi connectivity index (χ0v) is 23.3. The number of anilines is 1. The molecule has 3 N–H and O–H groups in total. The van der Waals surface area contributed by atoms with Gasteiger partial charge in [0.2, 0.25) is 5.91 Å². The number of ether oxygens (including phenoxy) is 1. The van der Waals surface area contributed by atoms with E-state index in [0.29, 0.717) is 18.6 Å². The fourth-order valence-corrected chi connectivity index (χ4v) is 5.66. The lowest BCUT2D eigenvalue weighted by Gasteiger charge is -2.23. The molecule has 3 aromatic carbocycles. The third-order valence-electron chi connectivity index (χ3n) is 6.21. The van der Waals surface area contributed by atoms with Crippen molar-refractivity contribution >= 4 is 33.2 Å². The summed E-state index contributed by atoms with van der Waals surface area (Å²) in [4.78, 5) is 18.7. The Hall–Kier alpha value is -3.73. The molecule has 10 heteroatoms. The van der Waals surface area contributed by atoms with Crippen LogP contribution in [0.5, 0.6) is 5.75 Å². The molecule has 0 fully saturated rings. The first-order chi connectivity index (χ1) is 18.8. The Bertz CT molecular complexity index is 1490. The third-order valence-corrected chi connectivity index (χ3v) is 7.71. The number of amides is 1. The molecule has 0 aliphatic carbocycles. The summed E-state index contributed by atoms with van der Waals surface area (Å²) in [6.45, 7) is 2.03. The smallest absolute Gasteiger partial charge is 0.357 e. The highest BCUT2D eigenvalue weighted by Gasteiger charge is 2.28. The Balaban J connectivity index is 1.64.